The van der Waals surface area contributed by atoms with Crippen molar-refractivity contribution in [3.8, 4) is 0 Å². The predicted molar refractivity (Wildman–Crippen MR) is 59.2 cm³/mol. The number of halogens is 4. The maximum absolute atomic E-state index is 13.4. The molecular weight excluding hydrogens is 248 g/mol. The third kappa shape index (κ3) is 2.72. The Labute approximate surface area is 102 Å². The van der Waals surface area contributed by atoms with Gasteiger partial charge >= 0.3 is 6.18 Å². The van der Waals surface area contributed by atoms with Crippen LogP contribution in [0.15, 0.2) is 24.3 Å². The van der Waals surface area contributed by atoms with Crippen molar-refractivity contribution < 1.29 is 22.7 Å². The van der Waals surface area contributed by atoms with Crippen LogP contribution in [0.2, 0.25) is 0 Å². The summed E-state index contributed by atoms with van der Waals surface area (Å²) >= 11 is 0. The third-order valence-corrected chi connectivity index (χ3v) is 2.98. The molecule has 1 nitrogen and oxygen atoms in total. The van der Waals surface area contributed by atoms with Gasteiger partial charge in [0.2, 0.25) is 0 Å². The van der Waals surface area contributed by atoms with Gasteiger partial charge in [0.1, 0.15) is 5.82 Å². The molecule has 1 unspecified atom stereocenters. The summed E-state index contributed by atoms with van der Waals surface area (Å²) in [6.45, 7) is 0. The lowest BCUT2D eigenvalue weighted by Crippen LogP contribution is -2.10. The largest absolute Gasteiger partial charge is 0.419 e. The van der Waals surface area contributed by atoms with E-state index in [0.29, 0.717) is 24.0 Å². The van der Waals surface area contributed by atoms with E-state index in [-0.39, 0.29) is 0 Å². The number of hydrogen-bond acceptors (Lipinski definition) is 1. The normalized spacial score (nSPS) is 20.7. The van der Waals surface area contributed by atoms with E-state index in [1.165, 1.54) is 6.07 Å². The first-order valence-corrected chi connectivity index (χ1v) is 5.64. The van der Waals surface area contributed by atoms with E-state index in [2.05, 4.69) is 0 Å². The molecule has 0 spiro atoms. The molecule has 2 rings (SSSR count). The summed E-state index contributed by atoms with van der Waals surface area (Å²) in [6, 6.07) is 2.87. The van der Waals surface area contributed by atoms with E-state index in [0.717, 1.165) is 18.6 Å². The molecule has 0 saturated carbocycles. The molecule has 0 saturated heterocycles. The van der Waals surface area contributed by atoms with Crippen molar-refractivity contribution >= 4 is 5.57 Å². The second kappa shape index (κ2) is 4.72. The Hall–Kier alpha value is -1.36. The summed E-state index contributed by atoms with van der Waals surface area (Å²) < 4.78 is 50.6. The van der Waals surface area contributed by atoms with Gasteiger partial charge in [-0.1, -0.05) is 12.1 Å². The summed E-state index contributed by atoms with van der Waals surface area (Å²) in [6.07, 6.45) is -1.68. The maximum Gasteiger partial charge on any atom is 0.419 e. The highest BCUT2D eigenvalue weighted by atomic mass is 19.4. The van der Waals surface area contributed by atoms with Gasteiger partial charge in [0.05, 0.1) is 11.7 Å². The topological polar surface area (TPSA) is 20.2 Å². The molecular formula is C13H12F4O. The molecule has 0 radical (unpaired) electrons. The van der Waals surface area contributed by atoms with Crippen LogP contribution in [0.3, 0.4) is 0 Å². The average molecular weight is 260 g/mol. The Bertz CT molecular complexity index is 476. The van der Waals surface area contributed by atoms with Crippen molar-refractivity contribution in [2.24, 2.45) is 0 Å². The van der Waals surface area contributed by atoms with E-state index in [1.54, 1.807) is 6.08 Å². The Morgan fingerprint density at radius 1 is 1.22 bits per heavy atom. The molecule has 98 valence electrons. The summed E-state index contributed by atoms with van der Waals surface area (Å²) in [4.78, 5) is 0. The molecule has 1 aromatic carbocycles. The zero-order valence-electron chi connectivity index (χ0n) is 9.47. The smallest absolute Gasteiger partial charge is 0.389 e. The SMILES string of the molecule is OC1C=C(c2ccc(C(F)(F)F)c(F)c2)CCC1. The fraction of sp³-hybridized carbons (Fsp3) is 0.385. The first kappa shape index (κ1) is 13.1. The van der Waals surface area contributed by atoms with Crippen molar-refractivity contribution in [1.29, 1.82) is 0 Å². The van der Waals surface area contributed by atoms with Gasteiger partial charge in [-0.2, -0.15) is 13.2 Å². The quantitative estimate of drug-likeness (QED) is 0.762. The molecule has 0 bridgehead atoms. The summed E-state index contributed by atoms with van der Waals surface area (Å²) in [5.41, 5.74) is -0.163. The zero-order valence-corrected chi connectivity index (χ0v) is 9.47. The van der Waals surface area contributed by atoms with Crippen LogP contribution in [0.5, 0.6) is 0 Å². The van der Waals surface area contributed by atoms with Crippen molar-refractivity contribution in [1.82, 2.24) is 0 Å². The van der Waals surface area contributed by atoms with E-state index >= 15 is 0 Å². The Kier molecular flexibility index (Phi) is 3.43. The third-order valence-electron chi connectivity index (χ3n) is 2.98. The Morgan fingerprint density at radius 2 is 1.94 bits per heavy atom. The van der Waals surface area contributed by atoms with Gasteiger partial charge in [0.15, 0.2) is 0 Å². The van der Waals surface area contributed by atoms with Crippen molar-refractivity contribution in [3.05, 3.63) is 41.2 Å². The van der Waals surface area contributed by atoms with Crippen LogP contribution in [-0.2, 0) is 6.18 Å². The minimum Gasteiger partial charge on any atom is -0.389 e. The first-order chi connectivity index (χ1) is 8.38. The molecule has 1 aliphatic rings. The number of aliphatic hydroxyl groups is 1. The van der Waals surface area contributed by atoms with Gasteiger partial charge < -0.3 is 5.11 Å². The van der Waals surface area contributed by atoms with E-state index < -0.39 is 23.7 Å². The molecule has 0 amide bonds. The predicted octanol–water partition coefficient (Wildman–Crippen LogP) is 3.77. The second-order valence-electron chi connectivity index (χ2n) is 4.34. The average Bonchev–Trinajstić information content (AvgIpc) is 2.27. The highest BCUT2D eigenvalue weighted by Gasteiger charge is 2.34. The molecule has 0 aliphatic heterocycles. The monoisotopic (exact) mass is 260 g/mol. The van der Waals surface area contributed by atoms with Gasteiger partial charge in [0, 0.05) is 0 Å². The Balaban J connectivity index is 2.35. The van der Waals surface area contributed by atoms with Crippen LogP contribution >= 0.6 is 0 Å². The van der Waals surface area contributed by atoms with Crippen LogP contribution in [-0.4, -0.2) is 11.2 Å². The fourth-order valence-corrected chi connectivity index (χ4v) is 2.09. The van der Waals surface area contributed by atoms with E-state index in [9.17, 15) is 22.7 Å². The van der Waals surface area contributed by atoms with E-state index in [4.69, 9.17) is 0 Å². The molecule has 1 atom stereocenters. The number of benzene rings is 1. The molecule has 0 heterocycles. The highest BCUT2D eigenvalue weighted by molar-refractivity contribution is 5.67. The van der Waals surface area contributed by atoms with Gasteiger partial charge in [-0.15, -0.1) is 0 Å². The number of alkyl halides is 3. The molecule has 18 heavy (non-hydrogen) atoms. The molecule has 1 aromatic rings. The lowest BCUT2D eigenvalue weighted by atomic mass is 9.91. The zero-order chi connectivity index (χ0) is 13.3. The van der Waals surface area contributed by atoms with Gasteiger partial charge in [-0.25, -0.2) is 4.39 Å². The summed E-state index contributed by atoms with van der Waals surface area (Å²) in [5.74, 6) is -1.28. The highest BCUT2D eigenvalue weighted by Crippen LogP contribution is 2.34. The van der Waals surface area contributed by atoms with Gasteiger partial charge in [-0.05, 0) is 42.5 Å². The lowest BCUT2D eigenvalue weighted by Gasteiger charge is -2.18. The Morgan fingerprint density at radius 3 is 2.50 bits per heavy atom. The van der Waals surface area contributed by atoms with Crippen LogP contribution in [0.25, 0.3) is 5.57 Å². The lowest BCUT2D eigenvalue weighted by molar-refractivity contribution is -0.140. The summed E-state index contributed by atoms with van der Waals surface area (Å²) in [5, 5.41) is 9.44. The maximum atomic E-state index is 13.4. The summed E-state index contributed by atoms with van der Waals surface area (Å²) in [7, 11) is 0. The van der Waals surface area contributed by atoms with Crippen LogP contribution in [0.1, 0.15) is 30.4 Å². The van der Waals surface area contributed by atoms with Crippen LogP contribution in [0, 0.1) is 5.82 Å². The number of aliphatic hydroxyl groups excluding tert-OH is 1. The molecule has 1 aliphatic carbocycles. The molecule has 1 N–H and O–H groups in total. The van der Waals surface area contributed by atoms with Gasteiger partial charge in [-0.3, -0.25) is 0 Å². The number of allylic oxidation sites excluding steroid dienone is 1. The minimum absolute atomic E-state index is 0.402. The van der Waals surface area contributed by atoms with E-state index in [1.807, 2.05) is 0 Å². The molecule has 0 aromatic heterocycles. The number of rotatable bonds is 1. The van der Waals surface area contributed by atoms with Crippen molar-refractivity contribution in [3.63, 3.8) is 0 Å². The van der Waals surface area contributed by atoms with Crippen molar-refractivity contribution in [2.75, 3.05) is 0 Å². The molecule has 0 fully saturated rings. The van der Waals surface area contributed by atoms with Crippen LogP contribution in [0.4, 0.5) is 17.6 Å². The van der Waals surface area contributed by atoms with Crippen LogP contribution < -0.4 is 0 Å². The molecule has 5 heteroatoms. The first-order valence-electron chi connectivity index (χ1n) is 5.64. The fourth-order valence-electron chi connectivity index (χ4n) is 2.09. The second-order valence-corrected chi connectivity index (χ2v) is 4.34. The number of hydrogen-bond donors (Lipinski definition) is 1. The standard InChI is InChI=1S/C13H12F4O/c14-12-7-9(4-5-11(12)13(15,16)17)8-2-1-3-10(18)6-8/h4-7,10,18H,1-3H2. The van der Waals surface area contributed by atoms with Crippen molar-refractivity contribution in [2.45, 2.75) is 31.5 Å². The minimum atomic E-state index is -4.68. The van der Waals surface area contributed by atoms with Gasteiger partial charge in [0.25, 0.3) is 0 Å².